The molecule has 9 aromatic carbocycles. The van der Waals surface area contributed by atoms with E-state index in [4.69, 9.17) is 94.7 Å². The Morgan fingerprint density at radius 2 is 0.508 bits per heavy atom. The lowest BCUT2D eigenvalue weighted by atomic mass is 9.94. The minimum absolute atomic E-state index is 0.0149. The van der Waals surface area contributed by atoms with Crippen LogP contribution in [0.3, 0.4) is 0 Å². The summed E-state index contributed by atoms with van der Waals surface area (Å²) in [7, 11) is 1.41. The molecule has 0 spiro atoms. The number of benzene rings is 9. The predicted molar refractivity (Wildman–Crippen MR) is 431 cm³/mol. The molecule has 4 aliphatic heterocycles. The van der Waals surface area contributed by atoms with Gasteiger partial charge in [0, 0.05) is 20.8 Å². The van der Waals surface area contributed by atoms with Crippen molar-refractivity contribution >= 4 is 65.7 Å². The van der Waals surface area contributed by atoms with Crippen LogP contribution in [0.25, 0.3) is 0 Å². The van der Waals surface area contributed by atoms with Gasteiger partial charge in [-0.15, -0.1) is 0 Å². The standard InChI is InChI=1S/C93H86O33/c1-53(95)108-50-67-71(111-54(2)96)76(79(112-55(3)97)90(115-67)113-65-47-45-64(107-4)46-48-65)125-93-81(123-89(106)63-43-27-12-28-44-63)77(73(119-85(102)59-35-19-8-20-36-59)69(117-93)52-110-83(100)57-31-15-6-16-32-57)126-91-78(121-87(104)61-39-23-10-24-40-61)74(70(98)66(49-94)114-91)124-92-80(122-88(105)62-41-25-11-26-42-62)75(120-86(103)60-37-21-9-22-38-60)72(118-84(101)58-33-17-7-18-34-58)68(116-92)51-109-82(99)56-29-13-5-14-30-56/h5-48,66-81,90-94,98H,49-52H2,1-4H3/t66-,67-,68-,69-,70-,71-,72-,73-,74+,75+,76+,77+,78-,79-,80-,81-,90-,91+,92+,93+/m1/s1. The fourth-order valence-corrected chi connectivity index (χ4v) is 14.1. The summed E-state index contributed by atoms with van der Waals surface area (Å²) in [5, 5.41) is 24.9. The van der Waals surface area contributed by atoms with E-state index < -0.39 is 215 Å². The van der Waals surface area contributed by atoms with E-state index in [1.54, 1.807) is 60.7 Å². The van der Waals surface area contributed by atoms with Gasteiger partial charge in [-0.1, -0.05) is 146 Å². The summed E-state index contributed by atoms with van der Waals surface area (Å²) in [4.78, 5) is 160. The zero-order valence-corrected chi connectivity index (χ0v) is 67.8. The van der Waals surface area contributed by atoms with Gasteiger partial charge in [0.25, 0.3) is 0 Å². The van der Waals surface area contributed by atoms with Crippen molar-refractivity contribution in [1.29, 1.82) is 0 Å². The molecule has 0 aliphatic carbocycles. The van der Waals surface area contributed by atoms with Crippen molar-refractivity contribution < 1.29 is 158 Å². The molecule has 33 nitrogen and oxygen atoms in total. The Balaban J connectivity index is 1.01. The van der Waals surface area contributed by atoms with Gasteiger partial charge in [-0.2, -0.15) is 0 Å². The van der Waals surface area contributed by atoms with Gasteiger partial charge in [-0.25, -0.2) is 38.4 Å². The summed E-state index contributed by atoms with van der Waals surface area (Å²) in [6.07, 6.45) is -43.2. The summed E-state index contributed by atoms with van der Waals surface area (Å²) in [5.41, 5.74) is -0.895. The lowest BCUT2D eigenvalue weighted by Gasteiger charge is -2.51. The molecule has 4 saturated heterocycles. The average Bonchev–Trinajstić information content (AvgIpc) is 0.759. The highest BCUT2D eigenvalue weighted by Crippen LogP contribution is 2.42. The fraction of sp³-hybridized carbons (Fsp3) is 0.301. The second kappa shape index (κ2) is 43.1. The van der Waals surface area contributed by atoms with Crippen molar-refractivity contribution in [3.63, 3.8) is 0 Å². The number of ether oxygens (including phenoxy) is 20. The third-order valence-corrected chi connectivity index (χ3v) is 20.1. The second-order valence-electron chi connectivity index (χ2n) is 28.7. The molecular formula is C93H86O33. The third-order valence-electron chi connectivity index (χ3n) is 20.1. The molecular weight excluding hydrogens is 1640 g/mol. The van der Waals surface area contributed by atoms with Crippen LogP contribution in [0.5, 0.6) is 11.5 Å². The maximum Gasteiger partial charge on any atom is 0.338 e. The van der Waals surface area contributed by atoms with Crippen LogP contribution in [0.4, 0.5) is 0 Å². The van der Waals surface area contributed by atoms with Crippen LogP contribution in [0.2, 0.25) is 0 Å². The maximum absolute atomic E-state index is 15.5. The van der Waals surface area contributed by atoms with Crippen molar-refractivity contribution in [3.8, 4) is 11.5 Å². The van der Waals surface area contributed by atoms with Crippen LogP contribution in [0, 0.1) is 0 Å². The number of hydrogen-bond acceptors (Lipinski definition) is 33. The molecule has 656 valence electrons. The van der Waals surface area contributed by atoms with Gasteiger partial charge >= 0.3 is 65.7 Å². The molecule has 0 radical (unpaired) electrons. The van der Waals surface area contributed by atoms with Crippen LogP contribution < -0.4 is 9.47 Å². The van der Waals surface area contributed by atoms with E-state index in [9.17, 15) is 43.8 Å². The molecule has 4 heterocycles. The van der Waals surface area contributed by atoms with Gasteiger partial charge in [0.2, 0.25) is 6.29 Å². The molecule has 0 aromatic heterocycles. The Bertz CT molecular complexity index is 5160. The first-order valence-corrected chi connectivity index (χ1v) is 39.7. The lowest BCUT2D eigenvalue weighted by molar-refractivity contribution is -0.386. The minimum atomic E-state index is -2.49. The van der Waals surface area contributed by atoms with Crippen molar-refractivity contribution in [2.24, 2.45) is 0 Å². The Labute approximate surface area is 720 Å². The molecule has 4 aliphatic rings. The van der Waals surface area contributed by atoms with E-state index in [2.05, 4.69) is 0 Å². The van der Waals surface area contributed by atoms with Crippen molar-refractivity contribution in [3.05, 3.63) is 311 Å². The Kier molecular flexibility index (Phi) is 30.9. The summed E-state index contributed by atoms with van der Waals surface area (Å²) >= 11 is 0. The Hall–Kier alpha value is -13.6. The van der Waals surface area contributed by atoms with Gasteiger partial charge in [0.1, 0.15) is 80.2 Å². The van der Waals surface area contributed by atoms with Crippen molar-refractivity contribution in [2.75, 3.05) is 33.5 Å². The summed E-state index contributed by atoms with van der Waals surface area (Å²) < 4.78 is 128. The highest BCUT2D eigenvalue weighted by Gasteiger charge is 2.62. The number of esters is 11. The topological polar surface area (TPSA) is 413 Å². The number of carbonyl (C=O) groups is 11. The first-order valence-electron chi connectivity index (χ1n) is 39.7. The molecule has 4 fully saturated rings. The molecule has 2 N–H and O–H groups in total. The number of hydrogen-bond donors (Lipinski definition) is 2. The van der Waals surface area contributed by atoms with E-state index >= 15 is 19.2 Å². The molecule has 0 bridgehead atoms. The molecule has 0 saturated carbocycles. The third kappa shape index (κ3) is 23.1. The van der Waals surface area contributed by atoms with Crippen LogP contribution in [0.15, 0.2) is 267 Å². The normalized spacial score (nSPS) is 25.5. The molecule has 13 rings (SSSR count). The highest BCUT2D eigenvalue weighted by atomic mass is 16.8. The summed E-state index contributed by atoms with van der Waals surface area (Å²) in [6, 6.07) is 64.7. The molecule has 0 amide bonds. The molecule has 126 heavy (non-hydrogen) atoms. The first-order chi connectivity index (χ1) is 61.1. The summed E-state index contributed by atoms with van der Waals surface area (Å²) in [6.45, 7) is -0.847. The fourth-order valence-electron chi connectivity index (χ4n) is 14.1. The maximum atomic E-state index is 15.5. The molecule has 0 unspecified atom stereocenters. The van der Waals surface area contributed by atoms with Crippen LogP contribution in [-0.4, -0.2) is 232 Å². The molecule has 9 aromatic rings. The van der Waals surface area contributed by atoms with E-state index in [0.717, 1.165) is 20.8 Å². The van der Waals surface area contributed by atoms with E-state index in [1.807, 2.05) is 0 Å². The summed E-state index contributed by atoms with van der Waals surface area (Å²) in [5.74, 6) is -11.6. The number of aliphatic hydroxyl groups is 2. The Morgan fingerprint density at radius 3 is 0.833 bits per heavy atom. The van der Waals surface area contributed by atoms with Crippen LogP contribution >= 0.6 is 0 Å². The lowest BCUT2D eigenvalue weighted by Crippen LogP contribution is -2.70. The number of carbonyl (C=O) groups excluding carboxylic acids is 11. The SMILES string of the molecule is COc1ccc(O[C@@H]2O[C@H](COC(C)=O)[C@@H](OC(C)=O)[C@H](O[C@@H]3O[C@H](COC(=O)c4ccccc4)[C@@H](OC(=O)c4ccccc4)[C@H](O[C@@H]4O[C@H](CO)[C@@H](O)[C@H](O[C@@H]5O[C@H](COC(=O)c6ccccc6)[C@@H](OC(=O)c6ccccc6)[C@H](OC(=O)c6ccccc6)[C@H]5OC(=O)c5ccccc5)[C@H]4OC(=O)c4ccccc4)[C@H]3OC(=O)c3ccccc3)[C@H]2OC(C)=O)cc1. The van der Waals surface area contributed by atoms with Crippen molar-refractivity contribution in [1.82, 2.24) is 0 Å². The van der Waals surface area contributed by atoms with E-state index in [0.29, 0.717) is 5.75 Å². The van der Waals surface area contributed by atoms with E-state index in [1.165, 1.54) is 213 Å². The van der Waals surface area contributed by atoms with Gasteiger partial charge in [-0.05, 0) is 121 Å². The predicted octanol–water partition coefficient (Wildman–Crippen LogP) is 8.98. The number of methoxy groups -OCH3 is 1. The highest BCUT2D eigenvalue weighted by molar-refractivity contribution is 5.93. The number of aliphatic hydroxyl groups excluding tert-OH is 2. The van der Waals surface area contributed by atoms with E-state index in [-0.39, 0.29) is 50.3 Å². The largest absolute Gasteiger partial charge is 0.497 e. The van der Waals surface area contributed by atoms with Gasteiger partial charge in [-0.3, -0.25) is 14.4 Å². The smallest absolute Gasteiger partial charge is 0.338 e. The molecule has 33 heteroatoms. The van der Waals surface area contributed by atoms with Gasteiger partial charge in [0.15, 0.2) is 67.7 Å². The van der Waals surface area contributed by atoms with Crippen molar-refractivity contribution in [2.45, 2.75) is 144 Å². The zero-order valence-electron chi connectivity index (χ0n) is 67.8. The average molecular weight is 1730 g/mol. The minimum Gasteiger partial charge on any atom is -0.497 e. The first kappa shape index (κ1) is 90.1. The van der Waals surface area contributed by atoms with Crippen LogP contribution in [0.1, 0.15) is 104 Å². The molecule has 20 atom stereocenters. The quantitative estimate of drug-likeness (QED) is 0.0293. The zero-order chi connectivity index (χ0) is 88.8. The number of rotatable bonds is 32. The monoisotopic (exact) mass is 1730 g/mol. The van der Waals surface area contributed by atoms with Gasteiger partial charge < -0.3 is 105 Å². The Morgan fingerprint density at radius 1 is 0.262 bits per heavy atom. The van der Waals surface area contributed by atoms with Gasteiger partial charge in [0.05, 0.1) is 58.2 Å². The van der Waals surface area contributed by atoms with Crippen LogP contribution in [-0.2, 0) is 99.6 Å². The second-order valence-corrected chi connectivity index (χ2v) is 28.7.